The number of aliphatic carboxylic acids is 1. The maximum absolute atomic E-state index is 12.7. The Labute approximate surface area is 152 Å². The van der Waals surface area contributed by atoms with E-state index in [-0.39, 0.29) is 18.2 Å². The normalized spacial score (nSPS) is 29.0. The third kappa shape index (κ3) is 3.76. The van der Waals surface area contributed by atoms with Crippen LogP contribution in [0.5, 0.6) is 0 Å². The first kappa shape index (κ1) is 18.5. The summed E-state index contributed by atoms with van der Waals surface area (Å²) in [5.74, 6) is -0.747. The van der Waals surface area contributed by atoms with Gasteiger partial charge in [-0.2, -0.15) is 0 Å². The lowest BCUT2D eigenvalue weighted by atomic mass is 9.75. The zero-order chi connectivity index (χ0) is 18.7. The number of rotatable bonds is 6. The molecule has 1 unspecified atom stereocenters. The van der Waals surface area contributed by atoms with E-state index in [4.69, 9.17) is 4.42 Å². The van der Waals surface area contributed by atoms with Crippen LogP contribution in [-0.4, -0.2) is 39.9 Å². The Kier molecular flexibility index (Phi) is 5.34. The highest BCUT2D eigenvalue weighted by Gasteiger charge is 2.45. The number of hydrogen-bond donors (Lipinski definition) is 2. The van der Waals surface area contributed by atoms with E-state index in [1.165, 1.54) is 0 Å². The standard InChI is InChI=1S/C19H26N2O5/c1-2-13-5-7-19(8-6-13,18(24)25)20-17(23)14-10-16(22)21(11-14)12-15-4-3-9-26-15/h3-4,9,13-14H,2,5-8,10-12H2,1H3,(H,20,23)(H,24,25). The SMILES string of the molecule is CCC1CCC(NC(=O)C2CC(=O)N(Cc3ccco3)C2)(C(=O)O)CC1. The Morgan fingerprint density at radius 1 is 1.38 bits per heavy atom. The molecule has 0 aromatic carbocycles. The summed E-state index contributed by atoms with van der Waals surface area (Å²) >= 11 is 0. The molecule has 26 heavy (non-hydrogen) atoms. The summed E-state index contributed by atoms with van der Waals surface area (Å²) in [6.07, 6.45) is 5.19. The molecule has 2 aliphatic rings. The monoisotopic (exact) mass is 362 g/mol. The number of carboxylic acid groups (broad SMARTS) is 1. The molecule has 2 fully saturated rings. The van der Waals surface area contributed by atoms with Crippen LogP contribution in [0.2, 0.25) is 0 Å². The summed E-state index contributed by atoms with van der Waals surface area (Å²) < 4.78 is 5.26. The van der Waals surface area contributed by atoms with Crippen molar-refractivity contribution in [1.29, 1.82) is 0 Å². The highest BCUT2D eigenvalue weighted by atomic mass is 16.4. The number of nitrogens with one attached hydrogen (secondary N) is 1. The molecular weight excluding hydrogens is 336 g/mol. The molecule has 0 radical (unpaired) electrons. The van der Waals surface area contributed by atoms with Gasteiger partial charge in [0, 0.05) is 13.0 Å². The van der Waals surface area contributed by atoms with Crippen molar-refractivity contribution < 1.29 is 23.9 Å². The molecule has 0 spiro atoms. The van der Waals surface area contributed by atoms with Gasteiger partial charge in [0.25, 0.3) is 0 Å². The predicted octanol–water partition coefficient (Wildman–Crippen LogP) is 2.17. The topological polar surface area (TPSA) is 99.9 Å². The number of nitrogens with zero attached hydrogens (tertiary/aromatic N) is 1. The first-order chi connectivity index (χ1) is 12.4. The largest absolute Gasteiger partial charge is 0.480 e. The van der Waals surface area contributed by atoms with Crippen LogP contribution in [0.15, 0.2) is 22.8 Å². The van der Waals surface area contributed by atoms with Crippen molar-refractivity contribution in [1.82, 2.24) is 10.2 Å². The lowest BCUT2D eigenvalue weighted by Gasteiger charge is -2.37. The molecule has 1 aliphatic carbocycles. The van der Waals surface area contributed by atoms with E-state index < -0.39 is 17.4 Å². The summed E-state index contributed by atoms with van der Waals surface area (Å²) in [6, 6.07) is 3.54. The second kappa shape index (κ2) is 7.51. The molecule has 2 N–H and O–H groups in total. The first-order valence-electron chi connectivity index (χ1n) is 9.29. The van der Waals surface area contributed by atoms with E-state index >= 15 is 0 Å². The number of carboxylic acids is 1. The van der Waals surface area contributed by atoms with Crippen molar-refractivity contribution >= 4 is 17.8 Å². The van der Waals surface area contributed by atoms with Crippen LogP contribution in [0, 0.1) is 11.8 Å². The van der Waals surface area contributed by atoms with E-state index in [9.17, 15) is 19.5 Å². The summed E-state index contributed by atoms with van der Waals surface area (Å²) in [4.78, 5) is 38.3. The minimum absolute atomic E-state index is 0.111. The van der Waals surface area contributed by atoms with Gasteiger partial charge >= 0.3 is 5.97 Å². The van der Waals surface area contributed by atoms with Crippen molar-refractivity contribution in [3.63, 3.8) is 0 Å². The average molecular weight is 362 g/mol. The first-order valence-corrected chi connectivity index (χ1v) is 9.29. The molecule has 142 valence electrons. The van der Waals surface area contributed by atoms with E-state index in [1.54, 1.807) is 23.3 Å². The Hall–Kier alpha value is -2.31. The van der Waals surface area contributed by atoms with Gasteiger partial charge < -0.3 is 19.7 Å². The maximum Gasteiger partial charge on any atom is 0.329 e. The van der Waals surface area contributed by atoms with Crippen molar-refractivity contribution in [2.75, 3.05) is 6.54 Å². The quantitative estimate of drug-likeness (QED) is 0.808. The molecule has 1 aromatic heterocycles. The van der Waals surface area contributed by atoms with Gasteiger partial charge in [0.1, 0.15) is 11.3 Å². The van der Waals surface area contributed by atoms with Crippen LogP contribution in [0.4, 0.5) is 0 Å². The van der Waals surface area contributed by atoms with Gasteiger partial charge in [-0.1, -0.05) is 13.3 Å². The van der Waals surface area contributed by atoms with E-state index in [2.05, 4.69) is 12.2 Å². The lowest BCUT2D eigenvalue weighted by molar-refractivity contribution is -0.150. The van der Waals surface area contributed by atoms with Crippen LogP contribution >= 0.6 is 0 Å². The number of carbonyl (C=O) groups excluding carboxylic acids is 2. The third-order valence-electron chi connectivity index (χ3n) is 5.82. The number of amides is 2. The van der Waals surface area contributed by atoms with Crippen molar-refractivity contribution in [3.05, 3.63) is 24.2 Å². The smallest absolute Gasteiger partial charge is 0.329 e. The second-order valence-electron chi connectivity index (χ2n) is 7.48. The maximum atomic E-state index is 12.7. The fourth-order valence-electron chi connectivity index (χ4n) is 4.00. The molecule has 1 atom stereocenters. The van der Waals surface area contributed by atoms with Gasteiger partial charge in [0.15, 0.2) is 0 Å². The minimum atomic E-state index is -1.19. The van der Waals surface area contributed by atoms with Crippen LogP contribution in [0.3, 0.4) is 0 Å². The van der Waals surface area contributed by atoms with Crippen LogP contribution in [-0.2, 0) is 20.9 Å². The number of furan rings is 1. The average Bonchev–Trinajstić information content (AvgIpc) is 3.26. The molecule has 2 heterocycles. The summed E-state index contributed by atoms with van der Waals surface area (Å²) in [5, 5.41) is 12.5. The van der Waals surface area contributed by atoms with E-state index in [0.717, 1.165) is 19.3 Å². The van der Waals surface area contributed by atoms with Gasteiger partial charge in [-0.15, -0.1) is 0 Å². The van der Waals surface area contributed by atoms with Crippen molar-refractivity contribution in [2.24, 2.45) is 11.8 Å². The highest BCUT2D eigenvalue weighted by Crippen LogP contribution is 2.34. The molecule has 3 rings (SSSR count). The van der Waals surface area contributed by atoms with Crippen LogP contribution in [0.1, 0.15) is 51.2 Å². The fraction of sp³-hybridized carbons (Fsp3) is 0.632. The molecule has 1 saturated carbocycles. The molecule has 1 saturated heterocycles. The summed E-state index contributed by atoms with van der Waals surface area (Å²) in [6.45, 7) is 2.73. The summed E-state index contributed by atoms with van der Waals surface area (Å²) in [7, 11) is 0. The van der Waals surface area contributed by atoms with Gasteiger partial charge in [0.05, 0.1) is 18.7 Å². The molecular formula is C19H26N2O5. The Morgan fingerprint density at radius 3 is 2.69 bits per heavy atom. The predicted molar refractivity (Wildman–Crippen MR) is 93.0 cm³/mol. The molecule has 2 amide bonds. The number of carbonyl (C=O) groups is 3. The molecule has 7 nitrogen and oxygen atoms in total. The van der Waals surface area contributed by atoms with Gasteiger partial charge in [0.2, 0.25) is 11.8 Å². The van der Waals surface area contributed by atoms with Gasteiger partial charge in [-0.25, -0.2) is 4.79 Å². The van der Waals surface area contributed by atoms with Crippen molar-refractivity contribution in [2.45, 2.75) is 57.5 Å². The Morgan fingerprint density at radius 2 is 2.12 bits per heavy atom. The van der Waals surface area contributed by atoms with Crippen molar-refractivity contribution in [3.8, 4) is 0 Å². The van der Waals surface area contributed by atoms with E-state index in [1.807, 2.05) is 0 Å². The zero-order valence-corrected chi connectivity index (χ0v) is 15.1. The van der Waals surface area contributed by atoms with Crippen LogP contribution in [0.25, 0.3) is 0 Å². The minimum Gasteiger partial charge on any atom is -0.480 e. The summed E-state index contributed by atoms with van der Waals surface area (Å²) in [5.41, 5.74) is -1.19. The zero-order valence-electron chi connectivity index (χ0n) is 15.1. The number of likely N-dealkylation sites (tertiary alicyclic amines) is 1. The molecule has 1 aliphatic heterocycles. The van der Waals surface area contributed by atoms with Gasteiger partial charge in [-0.3, -0.25) is 9.59 Å². The van der Waals surface area contributed by atoms with E-state index in [0.29, 0.717) is 37.6 Å². The second-order valence-corrected chi connectivity index (χ2v) is 7.48. The Balaban J connectivity index is 1.61. The van der Waals surface area contributed by atoms with Gasteiger partial charge in [-0.05, 0) is 43.7 Å². The third-order valence-corrected chi connectivity index (χ3v) is 5.82. The molecule has 0 bridgehead atoms. The number of hydrogen-bond acceptors (Lipinski definition) is 4. The molecule has 1 aromatic rings. The lowest BCUT2D eigenvalue weighted by Crippen LogP contribution is -2.57. The van der Waals surface area contributed by atoms with Crippen LogP contribution < -0.4 is 5.32 Å². The Bertz CT molecular complexity index is 661. The molecule has 7 heteroatoms. The fourth-order valence-corrected chi connectivity index (χ4v) is 4.00. The highest BCUT2D eigenvalue weighted by molar-refractivity contribution is 5.92.